The number of thioether (sulfide) groups is 1. The zero-order valence-electron chi connectivity index (χ0n) is 13.7. The van der Waals surface area contributed by atoms with E-state index in [0.717, 1.165) is 23.4 Å². The van der Waals surface area contributed by atoms with Crippen LogP contribution in [0.2, 0.25) is 0 Å². The van der Waals surface area contributed by atoms with Crippen LogP contribution in [0.15, 0.2) is 29.2 Å². The predicted molar refractivity (Wildman–Crippen MR) is 94.9 cm³/mol. The van der Waals surface area contributed by atoms with Crippen molar-refractivity contribution in [3.8, 4) is 0 Å². The number of carbonyl (C=O) groups is 1. The van der Waals surface area contributed by atoms with E-state index in [1.165, 1.54) is 25.7 Å². The highest BCUT2D eigenvalue weighted by Gasteiger charge is 2.31. The molecular formula is C18H26N2O2S. The number of anilines is 1. The number of hydrogen-bond acceptors (Lipinski definition) is 3. The van der Waals surface area contributed by atoms with Crippen molar-refractivity contribution in [2.75, 3.05) is 18.9 Å². The molecule has 0 bridgehead atoms. The highest BCUT2D eigenvalue weighted by atomic mass is 32.2. The number of nitrogens with zero attached hydrogens (tertiary/aromatic N) is 1. The molecule has 0 saturated heterocycles. The maximum atomic E-state index is 12.4. The van der Waals surface area contributed by atoms with Crippen molar-refractivity contribution in [1.82, 2.24) is 4.90 Å². The van der Waals surface area contributed by atoms with Crippen molar-refractivity contribution in [3.63, 3.8) is 0 Å². The average Bonchev–Trinajstić information content (AvgIpc) is 3.27. The van der Waals surface area contributed by atoms with Gasteiger partial charge in [0.1, 0.15) is 0 Å². The minimum absolute atomic E-state index is 0.149. The molecule has 2 aliphatic rings. The molecule has 23 heavy (non-hydrogen) atoms. The zero-order valence-corrected chi connectivity index (χ0v) is 14.5. The summed E-state index contributed by atoms with van der Waals surface area (Å²) in [6, 6.07) is 7.86. The Morgan fingerprint density at radius 1 is 1.30 bits per heavy atom. The molecule has 0 spiro atoms. The van der Waals surface area contributed by atoms with E-state index in [-0.39, 0.29) is 6.03 Å². The summed E-state index contributed by atoms with van der Waals surface area (Å²) in [6.45, 7) is 0.397. The Morgan fingerprint density at radius 2 is 2.00 bits per heavy atom. The van der Waals surface area contributed by atoms with Gasteiger partial charge < -0.3 is 15.3 Å². The lowest BCUT2D eigenvalue weighted by atomic mass is 10.2. The summed E-state index contributed by atoms with van der Waals surface area (Å²) in [7, 11) is 1.74. The van der Waals surface area contributed by atoms with Gasteiger partial charge in [0.2, 0.25) is 0 Å². The Bertz CT molecular complexity index is 542. The number of nitrogens with one attached hydrogen (secondary N) is 1. The molecule has 0 radical (unpaired) electrons. The molecule has 2 fully saturated rings. The number of rotatable bonds is 6. The molecule has 1 aromatic carbocycles. The second kappa shape index (κ2) is 7.58. The summed E-state index contributed by atoms with van der Waals surface area (Å²) >= 11 is 1.88. The SMILES string of the molecule is CN(CC(O)C1CC1)C(=O)Nc1ccccc1SC1CCCC1. The first kappa shape index (κ1) is 16.7. The number of urea groups is 1. The molecular weight excluding hydrogens is 308 g/mol. The Balaban J connectivity index is 1.58. The van der Waals surface area contributed by atoms with Gasteiger partial charge in [-0.25, -0.2) is 4.79 Å². The standard InChI is InChI=1S/C18H26N2O2S/c1-20(12-16(21)13-10-11-13)18(22)19-15-8-4-5-9-17(15)23-14-6-2-3-7-14/h4-5,8-9,13-14,16,21H,2-3,6-7,10-12H2,1H3,(H,19,22). The van der Waals surface area contributed by atoms with E-state index >= 15 is 0 Å². The minimum atomic E-state index is -0.395. The highest BCUT2D eigenvalue weighted by Crippen LogP contribution is 2.38. The summed E-state index contributed by atoms with van der Waals surface area (Å²) in [4.78, 5) is 15.1. The fourth-order valence-corrected chi connectivity index (χ4v) is 4.39. The van der Waals surface area contributed by atoms with Gasteiger partial charge >= 0.3 is 6.03 Å². The third kappa shape index (κ3) is 4.64. The number of para-hydroxylation sites is 1. The first-order valence-electron chi connectivity index (χ1n) is 8.59. The number of carbonyl (C=O) groups excluding carboxylic acids is 1. The van der Waals surface area contributed by atoms with Crippen LogP contribution < -0.4 is 5.32 Å². The third-order valence-electron chi connectivity index (χ3n) is 4.70. The van der Waals surface area contributed by atoms with Gasteiger partial charge in [-0.2, -0.15) is 0 Å². The largest absolute Gasteiger partial charge is 0.391 e. The van der Waals surface area contributed by atoms with Gasteiger partial charge in [-0.05, 0) is 43.7 Å². The number of hydrogen-bond donors (Lipinski definition) is 2. The first-order valence-corrected chi connectivity index (χ1v) is 9.47. The number of amides is 2. The summed E-state index contributed by atoms with van der Waals surface area (Å²) in [5.74, 6) is 0.385. The number of likely N-dealkylation sites (N-methyl/N-ethyl adjacent to an activating group) is 1. The topological polar surface area (TPSA) is 52.6 Å². The normalized spacial score (nSPS) is 19.6. The first-order chi connectivity index (χ1) is 11.1. The van der Waals surface area contributed by atoms with Crippen molar-refractivity contribution in [1.29, 1.82) is 0 Å². The van der Waals surface area contributed by atoms with E-state index in [4.69, 9.17) is 0 Å². The van der Waals surface area contributed by atoms with Crippen LogP contribution in [0.4, 0.5) is 10.5 Å². The molecule has 0 aliphatic heterocycles. The smallest absolute Gasteiger partial charge is 0.321 e. The quantitative estimate of drug-likeness (QED) is 0.828. The monoisotopic (exact) mass is 334 g/mol. The van der Waals surface area contributed by atoms with Crippen molar-refractivity contribution >= 4 is 23.5 Å². The van der Waals surface area contributed by atoms with Gasteiger partial charge in [-0.15, -0.1) is 11.8 Å². The maximum Gasteiger partial charge on any atom is 0.321 e. The molecule has 4 nitrogen and oxygen atoms in total. The lowest BCUT2D eigenvalue weighted by molar-refractivity contribution is 0.117. The fraction of sp³-hybridized carbons (Fsp3) is 0.611. The molecule has 2 saturated carbocycles. The lowest BCUT2D eigenvalue weighted by Crippen LogP contribution is -2.38. The van der Waals surface area contributed by atoms with Crippen LogP contribution in [0.25, 0.3) is 0 Å². The molecule has 0 heterocycles. The van der Waals surface area contributed by atoms with E-state index in [0.29, 0.717) is 17.7 Å². The number of aliphatic hydroxyl groups excluding tert-OH is 1. The van der Waals surface area contributed by atoms with Gasteiger partial charge in [0.25, 0.3) is 0 Å². The molecule has 1 aromatic rings. The summed E-state index contributed by atoms with van der Waals surface area (Å²) < 4.78 is 0. The molecule has 2 amide bonds. The Kier molecular flexibility index (Phi) is 5.49. The van der Waals surface area contributed by atoms with Gasteiger partial charge in [-0.1, -0.05) is 25.0 Å². The van der Waals surface area contributed by atoms with Crippen LogP contribution in [0.1, 0.15) is 38.5 Å². The van der Waals surface area contributed by atoms with Gasteiger partial charge in [0.15, 0.2) is 0 Å². The summed E-state index contributed by atoms with van der Waals surface area (Å²) in [5.41, 5.74) is 0.877. The summed E-state index contributed by atoms with van der Waals surface area (Å²) in [5, 5.41) is 13.7. The van der Waals surface area contributed by atoms with E-state index in [2.05, 4.69) is 11.4 Å². The fourth-order valence-electron chi connectivity index (χ4n) is 3.06. The van der Waals surface area contributed by atoms with E-state index in [1.54, 1.807) is 11.9 Å². The van der Waals surface area contributed by atoms with Crippen LogP contribution in [-0.2, 0) is 0 Å². The number of aliphatic hydroxyl groups is 1. The Labute approximate surface area is 142 Å². The van der Waals surface area contributed by atoms with Gasteiger partial charge in [0, 0.05) is 23.7 Å². The van der Waals surface area contributed by atoms with E-state index < -0.39 is 6.10 Å². The highest BCUT2D eigenvalue weighted by molar-refractivity contribution is 8.00. The van der Waals surface area contributed by atoms with Crippen LogP contribution in [0.5, 0.6) is 0 Å². The average molecular weight is 334 g/mol. The Morgan fingerprint density at radius 3 is 2.70 bits per heavy atom. The molecule has 1 atom stereocenters. The molecule has 1 unspecified atom stereocenters. The maximum absolute atomic E-state index is 12.4. The van der Waals surface area contributed by atoms with Crippen molar-refractivity contribution in [2.45, 2.75) is 54.8 Å². The van der Waals surface area contributed by atoms with Crippen molar-refractivity contribution in [3.05, 3.63) is 24.3 Å². The lowest BCUT2D eigenvalue weighted by Gasteiger charge is -2.22. The molecule has 2 aliphatic carbocycles. The van der Waals surface area contributed by atoms with Gasteiger partial charge in [-0.3, -0.25) is 0 Å². The van der Waals surface area contributed by atoms with Crippen molar-refractivity contribution < 1.29 is 9.90 Å². The minimum Gasteiger partial charge on any atom is -0.391 e. The molecule has 2 N–H and O–H groups in total. The Hall–Kier alpha value is -1.20. The van der Waals surface area contributed by atoms with Crippen LogP contribution in [0, 0.1) is 5.92 Å². The predicted octanol–water partition coefficient (Wildman–Crippen LogP) is 3.96. The third-order valence-corrected chi connectivity index (χ3v) is 6.11. The molecule has 0 aromatic heterocycles. The van der Waals surface area contributed by atoms with Crippen molar-refractivity contribution in [2.24, 2.45) is 5.92 Å². The second-order valence-corrected chi connectivity index (χ2v) is 8.08. The van der Waals surface area contributed by atoms with Crippen LogP contribution in [0.3, 0.4) is 0 Å². The van der Waals surface area contributed by atoms with Crippen LogP contribution in [-0.4, -0.2) is 41.0 Å². The molecule has 126 valence electrons. The zero-order chi connectivity index (χ0) is 16.2. The summed E-state index contributed by atoms with van der Waals surface area (Å²) in [6.07, 6.45) is 6.92. The second-order valence-electron chi connectivity index (χ2n) is 6.74. The van der Waals surface area contributed by atoms with E-state index in [9.17, 15) is 9.90 Å². The van der Waals surface area contributed by atoms with Gasteiger partial charge in [0.05, 0.1) is 11.8 Å². The van der Waals surface area contributed by atoms with Crippen LogP contribution >= 0.6 is 11.8 Å². The van der Waals surface area contributed by atoms with E-state index in [1.807, 2.05) is 30.0 Å². The molecule has 3 rings (SSSR count). The number of benzene rings is 1. The molecule has 5 heteroatoms.